The van der Waals surface area contributed by atoms with Gasteiger partial charge in [-0.2, -0.15) is 4.31 Å². The zero-order chi connectivity index (χ0) is 17.9. The number of hydrogen-bond acceptors (Lipinski definition) is 6. The second-order valence-electron chi connectivity index (χ2n) is 5.70. The summed E-state index contributed by atoms with van der Waals surface area (Å²) in [4.78, 5) is 7.79. The van der Waals surface area contributed by atoms with Gasteiger partial charge >= 0.3 is 0 Å². The largest absolute Gasteiger partial charge is 0.481 e. The summed E-state index contributed by atoms with van der Waals surface area (Å²) in [6.07, 6.45) is 2.60. The van der Waals surface area contributed by atoms with Crippen LogP contribution in [0.1, 0.15) is 12.8 Å². The number of anilines is 1. The molecule has 7 nitrogen and oxygen atoms in total. The van der Waals surface area contributed by atoms with Crippen molar-refractivity contribution >= 4 is 15.8 Å². The van der Waals surface area contributed by atoms with Gasteiger partial charge < -0.3 is 10.1 Å². The lowest BCUT2D eigenvalue weighted by Gasteiger charge is -2.31. The maximum absolute atomic E-state index is 13.8. The Bertz CT molecular complexity index is 839. The van der Waals surface area contributed by atoms with Crippen LogP contribution >= 0.6 is 0 Å². The van der Waals surface area contributed by atoms with Gasteiger partial charge in [0.15, 0.2) is 0 Å². The molecule has 1 fully saturated rings. The molecule has 1 aliphatic heterocycles. The zero-order valence-corrected chi connectivity index (χ0v) is 14.5. The molecular weight excluding hydrogens is 347 g/mol. The minimum Gasteiger partial charge on any atom is -0.481 e. The molecule has 0 spiro atoms. The van der Waals surface area contributed by atoms with E-state index in [0.29, 0.717) is 37.6 Å². The van der Waals surface area contributed by atoms with Crippen LogP contribution in [0.25, 0.3) is 0 Å². The van der Waals surface area contributed by atoms with Gasteiger partial charge in [0.05, 0.1) is 7.11 Å². The van der Waals surface area contributed by atoms with Crippen molar-refractivity contribution in [1.82, 2.24) is 14.3 Å². The molecule has 1 aromatic heterocycles. The maximum atomic E-state index is 13.8. The van der Waals surface area contributed by atoms with E-state index in [2.05, 4.69) is 15.3 Å². The molecule has 0 radical (unpaired) electrons. The maximum Gasteiger partial charge on any atom is 0.245 e. The number of nitrogens with one attached hydrogen (secondary N) is 1. The van der Waals surface area contributed by atoms with E-state index in [-0.39, 0.29) is 10.9 Å². The highest BCUT2D eigenvalue weighted by Crippen LogP contribution is 2.24. The molecule has 2 aromatic rings. The number of halogens is 1. The number of piperidine rings is 1. The van der Waals surface area contributed by atoms with Crippen LogP contribution in [-0.4, -0.2) is 48.9 Å². The summed E-state index contributed by atoms with van der Waals surface area (Å²) in [5, 5.41) is 3.25. The van der Waals surface area contributed by atoms with E-state index in [0.717, 1.165) is 6.07 Å². The highest BCUT2D eigenvalue weighted by Gasteiger charge is 2.31. The van der Waals surface area contributed by atoms with Gasteiger partial charge in [-0.05, 0) is 25.0 Å². The van der Waals surface area contributed by atoms with Gasteiger partial charge in [0, 0.05) is 25.2 Å². The molecule has 1 aliphatic rings. The molecule has 0 bridgehead atoms. The van der Waals surface area contributed by atoms with Gasteiger partial charge in [0.25, 0.3) is 0 Å². The summed E-state index contributed by atoms with van der Waals surface area (Å²) in [6, 6.07) is 7.20. The van der Waals surface area contributed by atoms with Crippen molar-refractivity contribution in [2.24, 2.45) is 0 Å². The highest BCUT2D eigenvalue weighted by atomic mass is 32.2. The van der Waals surface area contributed by atoms with Crippen molar-refractivity contribution in [3.8, 4) is 5.88 Å². The van der Waals surface area contributed by atoms with Gasteiger partial charge in [-0.1, -0.05) is 12.1 Å². The number of aromatic nitrogens is 2. The fourth-order valence-corrected chi connectivity index (χ4v) is 4.31. The number of methoxy groups -OCH3 is 1. The lowest BCUT2D eigenvalue weighted by molar-refractivity contribution is 0.328. The van der Waals surface area contributed by atoms with Crippen LogP contribution in [0.5, 0.6) is 5.88 Å². The van der Waals surface area contributed by atoms with Gasteiger partial charge in [-0.15, -0.1) is 0 Å². The molecule has 1 N–H and O–H groups in total. The lowest BCUT2D eigenvalue weighted by Crippen LogP contribution is -2.42. The Kier molecular flexibility index (Phi) is 5.14. The lowest BCUT2D eigenvalue weighted by atomic mass is 10.1. The monoisotopic (exact) mass is 366 g/mol. The predicted molar refractivity (Wildman–Crippen MR) is 90.4 cm³/mol. The average Bonchev–Trinajstić information content (AvgIpc) is 2.62. The van der Waals surface area contributed by atoms with E-state index in [4.69, 9.17) is 4.74 Å². The first-order valence-corrected chi connectivity index (χ1v) is 9.32. The van der Waals surface area contributed by atoms with Gasteiger partial charge in [-0.3, -0.25) is 0 Å². The summed E-state index contributed by atoms with van der Waals surface area (Å²) in [5.74, 6) is 0.357. The summed E-state index contributed by atoms with van der Waals surface area (Å²) >= 11 is 0. The third-order valence-corrected chi connectivity index (χ3v) is 6.04. The first kappa shape index (κ1) is 17.6. The average molecular weight is 366 g/mol. The second kappa shape index (κ2) is 7.32. The minimum absolute atomic E-state index is 0.0756. The molecule has 25 heavy (non-hydrogen) atoms. The van der Waals surface area contributed by atoms with E-state index in [9.17, 15) is 12.8 Å². The molecule has 2 heterocycles. The smallest absolute Gasteiger partial charge is 0.245 e. The van der Waals surface area contributed by atoms with Crippen molar-refractivity contribution in [2.75, 3.05) is 25.5 Å². The molecule has 0 unspecified atom stereocenters. The molecular formula is C16H19FN4O3S. The van der Waals surface area contributed by atoms with E-state index < -0.39 is 15.8 Å². The Hall–Kier alpha value is -2.26. The Morgan fingerprint density at radius 2 is 1.96 bits per heavy atom. The number of ether oxygens (including phenoxy) is 1. The van der Waals surface area contributed by atoms with Crippen LogP contribution in [0.3, 0.4) is 0 Å². The van der Waals surface area contributed by atoms with Crippen LogP contribution in [0.15, 0.2) is 41.6 Å². The van der Waals surface area contributed by atoms with Gasteiger partial charge in [0.2, 0.25) is 15.9 Å². The van der Waals surface area contributed by atoms with Crippen LogP contribution in [0, 0.1) is 5.82 Å². The zero-order valence-electron chi connectivity index (χ0n) is 13.7. The first-order chi connectivity index (χ1) is 12.0. The van der Waals surface area contributed by atoms with Crippen molar-refractivity contribution in [1.29, 1.82) is 0 Å². The topological polar surface area (TPSA) is 84.4 Å². The molecule has 9 heteroatoms. The second-order valence-corrected chi connectivity index (χ2v) is 7.61. The SMILES string of the molecule is COc1cc(NC2CCN(S(=O)(=O)c3ccccc3F)CC2)ncn1. The Labute approximate surface area is 145 Å². The Morgan fingerprint density at radius 3 is 2.64 bits per heavy atom. The fraction of sp³-hybridized carbons (Fsp3) is 0.375. The number of benzene rings is 1. The molecule has 0 atom stereocenters. The fourth-order valence-electron chi connectivity index (χ4n) is 2.77. The summed E-state index contributed by atoms with van der Waals surface area (Å²) < 4.78 is 45.4. The van der Waals surface area contributed by atoms with Crippen LogP contribution in [-0.2, 0) is 10.0 Å². The Balaban J connectivity index is 1.64. The van der Waals surface area contributed by atoms with E-state index in [1.807, 2.05) is 0 Å². The molecule has 0 amide bonds. The highest BCUT2D eigenvalue weighted by molar-refractivity contribution is 7.89. The summed E-state index contributed by atoms with van der Waals surface area (Å²) in [7, 11) is -2.29. The van der Waals surface area contributed by atoms with E-state index in [1.165, 1.54) is 35.9 Å². The molecule has 134 valence electrons. The first-order valence-electron chi connectivity index (χ1n) is 7.88. The molecule has 1 aromatic carbocycles. The molecule has 1 saturated heterocycles. The number of sulfonamides is 1. The summed E-state index contributed by atoms with van der Waals surface area (Å²) in [6.45, 7) is 0.632. The number of hydrogen-bond donors (Lipinski definition) is 1. The Morgan fingerprint density at radius 1 is 1.24 bits per heavy atom. The van der Waals surface area contributed by atoms with Crippen LogP contribution in [0.2, 0.25) is 0 Å². The van der Waals surface area contributed by atoms with Gasteiger partial charge in [0.1, 0.15) is 22.9 Å². The number of rotatable bonds is 5. The van der Waals surface area contributed by atoms with Crippen molar-refractivity contribution < 1.29 is 17.5 Å². The third kappa shape index (κ3) is 3.88. The van der Waals surface area contributed by atoms with Crippen LogP contribution in [0.4, 0.5) is 10.2 Å². The minimum atomic E-state index is -3.81. The van der Waals surface area contributed by atoms with E-state index >= 15 is 0 Å². The van der Waals surface area contributed by atoms with Crippen molar-refractivity contribution in [3.05, 3.63) is 42.5 Å². The standard InChI is InChI=1S/C16H19FN4O3S/c1-24-16-10-15(18-11-19-16)20-12-6-8-21(9-7-12)25(22,23)14-5-3-2-4-13(14)17/h2-5,10-12H,6-9H2,1H3,(H,18,19,20). The van der Waals surface area contributed by atoms with Gasteiger partial charge in [-0.25, -0.2) is 22.8 Å². The third-order valence-electron chi connectivity index (χ3n) is 4.11. The summed E-state index contributed by atoms with van der Waals surface area (Å²) in [5.41, 5.74) is 0. The number of nitrogens with zero attached hydrogens (tertiary/aromatic N) is 3. The van der Waals surface area contributed by atoms with Crippen molar-refractivity contribution in [2.45, 2.75) is 23.8 Å². The predicted octanol–water partition coefficient (Wildman–Crippen LogP) is 1.89. The molecule has 3 rings (SSSR count). The quantitative estimate of drug-likeness (QED) is 0.870. The van der Waals surface area contributed by atoms with E-state index in [1.54, 1.807) is 6.07 Å². The van der Waals surface area contributed by atoms with Crippen molar-refractivity contribution in [3.63, 3.8) is 0 Å². The molecule has 0 aliphatic carbocycles. The molecule has 0 saturated carbocycles. The van der Waals surface area contributed by atoms with Crippen LogP contribution < -0.4 is 10.1 Å². The normalized spacial score (nSPS) is 16.6.